The Labute approximate surface area is 161 Å². The molecule has 1 aromatic carbocycles. The minimum atomic E-state index is -0.319. The minimum Gasteiger partial charge on any atom is -0.357 e. The minimum absolute atomic E-state index is 0.194. The van der Waals surface area contributed by atoms with Crippen molar-refractivity contribution in [2.45, 2.75) is 12.8 Å². The summed E-state index contributed by atoms with van der Waals surface area (Å²) in [6.07, 6.45) is 3.68. The molecule has 0 aliphatic carbocycles. The van der Waals surface area contributed by atoms with Crippen LogP contribution in [0.4, 0.5) is 11.5 Å². The average Bonchev–Trinajstić information content (AvgIpc) is 3.26. The van der Waals surface area contributed by atoms with Crippen molar-refractivity contribution in [1.82, 2.24) is 19.7 Å². The van der Waals surface area contributed by atoms with Gasteiger partial charge in [-0.15, -0.1) is 0 Å². The fourth-order valence-corrected chi connectivity index (χ4v) is 3.24. The molecular weight excluding hydrogens is 356 g/mol. The molecule has 0 radical (unpaired) electrons. The van der Waals surface area contributed by atoms with Gasteiger partial charge in [-0.2, -0.15) is 5.10 Å². The molecule has 1 aliphatic heterocycles. The number of rotatable bonds is 4. The molecule has 3 heterocycles. The number of nitrogens with one attached hydrogen (secondary N) is 1. The number of carbonyl (C=O) groups is 1. The van der Waals surface area contributed by atoms with Crippen LogP contribution >= 0.6 is 0 Å². The van der Waals surface area contributed by atoms with Crippen LogP contribution in [0.15, 0.2) is 53.6 Å². The summed E-state index contributed by atoms with van der Waals surface area (Å²) < 4.78 is 1.26. The van der Waals surface area contributed by atoms with Crippen LogP contribution in [-0.4, -0.2) is 38.7 Å². The van der Waals surface area contributed by atoms with Crippen LogP contribution in [0.2, 0.25) is 0 Å². The second-order valence-corrected chi connectivity index (χ2v) is 6.64. The Kier molecular flexibility index (Phi) is 4.84. The largest absolute Gasteiger partial charge is 0.357 e. The van der Waals surface area contributed by atoms with Crippen LogP contribution in [0.5, 0.6) is 0 Å². The number of hydrogen-bond donors (Lipinski definition) is 1. The van der Waals surface area contributed by atoms with Crippen LogP contribution in [0.1, 0.15) is 23.3 Å². The molecule has 0 spiro atoms. The van der Waals surface area contributed by atoms with E-state index in [0.717, 1.165) is 37.3 Å². The van der Waals surface area contributed by atoms with E-state index in [1.165, 1.54) is 17.1 Å². The highest BCUT2D eigenvalue weighted by molar-refractivity contribution is 6.05. The fourth-order valence-electron chi connectivity index (χ4n) is 3.24. The van der Waals surface area contributed by atoms with E-state index in [9.17, 15) is 9.59 Å². The molecule has 4 rings (SSSR count). The number of hydrogen-bond acceptors (Lipinski definition) is 6. The predicted octanol–water partition coefficient (Wildman–Crippen LogP) is 2.09. The highest BCUT2D eigenvalue weighted by Crippen LogP contribution is 2.26. The Morgan fingerprint density at radius 2 is 1.86 bits per heavy atom. The molecule has 0 bridgehead atoms. The molecule has 28 heavy (non-hydrogen) atoms. The summed E-state index contributed by atoms with van der Waals surface area (Å²) in [4.78, 5) is 35.0. The van der Waals surface area contributed by atoms with Gasteiger partial charge in [0, 0.05) is 37.8 Å². The van der Waals surface area contributed by atoms with E-state index in [1.807, 2.05) is 18.2 Å². The lowest BCUT2D eigenvalue weighted by Crippen LogP contribution is -2.21. The van der Waals surface area contributed by atoms with Crippen molar-refractivity contribution < 1.29 is 4.79 Å². The molecule has 1 amide bonds. The van der Waals surface area contributed by atoms with E-state index in [2.05, 4.69) is 25.3 Å². The van der Waals surface area contributed by atoms with Crippen molar-refractivity contribution >= 4 is 17.4 Å². The number of nitrogens with zero attached hydrogens (tertiary/aromatic N) is 5. The summed E-state index contributed by atoms with van der Waals surface area (Å²) in [6, 6.07) is 12.1. The smallest absolute Gasteiger partial charge is 0.274 e. The highest BCUT2D eigenvalue weighted by atomic mass is 16.2. The molecule has 0 saturated carbocycles. The maximum absolute atomic E-state index is 12.8. The van der Waals surface area contributed by atoms with E-state index in [0.29, 0.717) is 17.1 Å². The molecule has 1 fully saturated rings. The van der Waals surface area contributed by atoms with Crippen molar-refractivity contribution in [3.8, 4) is 11.3 Å². The zero-order valence-corrected chi connectivity index (χ0v) is 15.5. The number of amides is 1. The molecular formula is C20H20N6O2. The molecule has 1 aliphatic rings. The van der Waals surface area contributed by atoms with Crippen LogP contribution in [0, 0.1) is 0 Å². The maximum atomic E-state index is 12.8. The SMILES string of the molecule is Cn1nc(-c2ccccc2NC(=O)c2cc(N3CCCC3)ncn2)ccc1=O. The van der Waals surface area contributed by atoms with E-state index in [4.69, 9.17) is 0 Å². The molecule has 142 valence electrons. The van der Waals surface area contributed by atoms with Crippen LogP contribution in [0.25, 0.3) is 11.3 Å². The lowest BCUT2D eigenvalue weighted by molar-refractivity contribution is 0.102. The fraction of sp³-hybridized carbons (Fsp3) is 0.250. The first-order chi connectivity index (χ1) is 13.6. The standard InChI is InChI=1S/C20H20N6O2/c1-25-19(27)9-8-16(24-25)14-6-2-3-7-15(14)23-20(28)17-12-18(22-13-21-17)26-10-4-5-11-26/h2-3,6-9,12-13H,4-5,10-11H2,1H3,(H,23,28). The molecule has 3 aromatic rings. The lowest BCUT2D eigenvalue weighted by Gasteiger charge is -2.16. The third-order valence-corrected chi connectivity index (χ3v) is 4.73. The first-order valence-electron chi connectivity index (χ1n) is 9.14. The molecule has 0 atom stereocenters. The van der Waals surface area contributed by atoms with Crippen molar-refractivity contribution in [2.24, 2.45) is 7.05 Å². The van der Waals surface area contributed by atoms with Gasteiger partial charge in [-0.25, -0.2) is 14.6 Å². The van der Waals surface area contributed by atoms with Gasteiger partial charge in [0.15, 0.2) is 0 Å². The first kappa shape index (κ1) is 17.8. The summed E-state index contributed by atoms with van der Waals surface area (Å²) in [6.45, 7) is 1.89. The van der Waals surface area contributed by atoms with Crippen LogP contribution in [-0.2, 0) is 7.05 Å². The van der Waals surface area contributed by atoms with Gasteiger partial charge < -0.3 is 10.2 Å². The molecule has 8 heteroatoms. The van der Waals surface area contributed by atoms with Crippen molar-refractivity contribution in [3.63, 3.8) is 0 Å². The Hall–Kier alpha value is -3.55. The van der Waals surface area contributed by atoms with Crippen molar-refractivity contribution in [1.29, 1.82) is 0 Å². The molecule has 2 aromatic heterocycles. The molecule has 1 saturated heterocycles. The quantitative estimate of drug-likeness (QED) is 0.749. The molecule has 1 N–H and O–H groups in total. The number of aromatic nitrogens is 4. The van der Waals surface area contributed by atoms with Gasteiger partial charge in [0.2, 0.25) is 0 Å². The summed E-state index contributed by atoms with van der Waals surface area (Å²) in [7, 11) is 1.59. The van der Waals surface area contributed by atoms with Crippen molar-refractivity contribution in [3.05, 3.63) is 64.8 Å². The van der Waals surface area contributed by atoms with Gasteiger partial charge in [0.05, 0.1) is 11.4 Å². The van der Waals surface area contributed by atoms with Crippen LogP contribution < -0.4 is 15.8 Å². The number of para-hydroxylation sites is 1. The Balaban J connectivity index is 1.61. The van der Waals surface area contributed by atoms with Gasteiger partial charge in [-0.05, 0) is 25.0 Å². The predicted molar refractivity (Wildman–Crippen MR) is 106 cm³/mol. The van der Waals surface area contributed by atoms with E-state index < -0.39 is 0 Å². The topological polar surface area (TPSA) is 93.0 Å². The maximum Gasteiger partial charge on any atom is 0.274 e. The number of carbonyl (C=O) groups excluding carboxylic acids is 1. The van der Waals surface area contributed by atoms with Crippen molar-refractivity contribution in [2.75, 3.05) is 23.3 Å². The Bertz CT molecular complexity index is 1070. The van der Waals surface area contributed by atoms with Gasteiger partial charge in [-0.3, -0.25) is 9.59 Å². The van der Waals surface area contributed by atoms with E-state index in [1.54, 1.807) is 25.2 Å². The van der Waals surface area contributed by atoms with Gasteiger partial charge in [0.25, 0.3) is 11.5 Å². The summed E-state index contributed by atoms with van der Waals surface area (Å²) in [5.74, 6) is 0.450. The second kappa shape index (κ2) is 7.59. The van der Waals surface area contributed by atoms with Gasteiger partial charge in [-0.1, -0.05) is 18.2 Å². The number of aryl methyl sites for hydroxylation is 1. The zero-order chi connectivity index (χ0) is 19.5. The third-order valence-electron chi connectivity index (χ3n) is 4.73. The normalized spacial score (nSPS) is 13.5. The summed E-state index contributed by atoms with van der Waals surface area (Å²) >= 11 is 0. The Morgan fingerprint density at radius 1 is 1.07 bits per heavy atom. The monoisotopic (exact) mass is 376 g/mol. The van der Waals surface area contributed by atoms with E-state index >= 15 is 0 Å². The summed E-state index contributed by atoms with van der Waals surface area (Å²) in [5.41, 5.74) is 2.03. The summed E-state index contributed by atoms with van der Waals surface area (Å²) in [5, 5.41) is 7.17. The Morgan fingerprint density at radius 3 is 2.64 bits per heavy atom. The lowest BCUT2D eigenvalue weighted by atomic mass is 10.1. The highest BCUT2D eigenvalue weighted by Gasteiger charge is 2.17. The second-order valence-electron chi connectivity index (χ2n) is 6.64. The van der Waals surface area contributed by atoms with Gasteiger partial charge >= 0.3 is 0 Å². The number of benzene rings is 1. The molecule has 8 nitrogen and oxygen atoms in total. The number of anilines is 2. The average molecular weight is 376 g/mol. The zero-order valence-electron chi connectivity index (χ0n) is 15.5. The molecule has 0 unspecified atom stereocenters. The van der Waals surface area contributed by atoms with Crippen LogP contribution in [0.3, 0.4) is 0 Å². The first-order valence-corrected chi connectivity index (χ1v) is 9.14. The van der Waals surface area contributed by atoms with E-state index in [-0.39, 0.29) is 11.5 Å². The van der Waals surface area contributed by atoms with Gasteiger partial charge in [0.1, 0.15) is 17.8 Å². The third kappa shape index (κ3) is 3.62.